The van der Waals surface area contributed by atoms with Crippen LogP contribution >= 0.6 is 0 Å². The van der Waals surface area contributed by atoms with Gasteiger partial charge in [0.25, 0.3) is 0 Å². The van der Waals surface area contributed by atoms with Crippen molar-refractivity contribution < 1.29 is 13.6 Å². The molecule has 5 nitrogen and oxygen atoms in total. The molecule has 2 aromatic carbocycles. The van der Waals surface area contributed by atoms with Gasteiger partial charge in [0.05, 0.1) is 12.8 Å². The highest BCUT2D eigenvalue weighted by Crippen LogP contribution is 2.22. The second-order valence-electron chi connectivity index (χ2n) is 5.88. The van der Waals surface area contributed by atoms with Gasteiger partial charge in [-0.25, -0.2) is 9.78 Å². The number of para-hydroxylation sites is 1. The Morgan fingerprint density at radius 3 is 2.67 bits per heavy atom. The smallest absolute Gasteiger partial charge is 0.347 e. The standard InChI is InChI=1S/C22H17NO4/c1-2-25-17-10-7-15(8-11-17)9-12-21-23-14-20(26-21)18-13-16-5-3-4-6-19(16)27-22(18)24/h3-14H,2H2,1H3/b12-9+. The highest BCUT2D eigenvalue weighted by atomic mass is 16.5. The van der Waals surface area contributed by atoms with Crippen molar-refractivity contribution in [3.8, 4) is 17.1 Å². The zero-order valence-electron chi connectivity index (χ0n) is 14.7. The van der Waals surface area contributed by atoms with Crippen LogP contribution < -0.4 is 10.4 Å². The summed E-state index contributed by atoms with van der Waals surface area (Å²) in [5.41, 5.74) is 1.43. The van der Waals surface area contributed by atoms with E-state index in [0.29, 0.717) is 29.4 Å². The minimum absolute atomic E-state index is 0.349. The molecule has 27 heavy (non-hydrogen) atoms. The van der Waals surface area contributed by atoms with Crippen LogP contribution in [-0.2, 0) is 0 Å². The van der Waals surface area contributed by atoms with Gasteiger partial charge >= 0.3 is 5.63 Å². The van der Waals surface area contributed by atoms with Crippen LogP contribution in [-0.4, -0.2) is 11.6 Å². The normalized spacial score (nSPS) is 11.3. The number of benzene rings is 2. The fourth-order valence-corrected chi connectivity index (χ4v) is 2.73. The van der Waals surface area contributed by atoms with Crippen LogP contribution in [0.5, 0.6) is 5.75 Å². The van der Waals surface area contributed by atoms with Crippen LogP contribution in [0.2, 0.25) is 0 Å². The maximum atomic E-state index is 12.2. The minimum Gasteiger partial charge on any atom is -0.494 e. The third-order valence-electron chi connectivity index (χ3n) is 4.04. The number of oxazole rings is 1. The van der Waals surface area contributed by atoms with Crippen molar-refractivity contribution in [2.45, 2.75) is 6.92 Å². The van der Waals surface area contributed by atoms with Crippen molar-refractivity contribution >= 4 is 23.1 Å². The third kappa shape index (κ3) is 3.67. The Kier molecular flexibility index (Phi) is 4.58. The van der Waals surface area contributed by atoms with Gasteiger partial charge in [0.2, 0.25) is 5.89 Å². The number of fused-ring (bicyclic) bond motifs is 1. The van der Waals surface area contributed by atoms with E-state index in [1.54, 1.807) is 18.2 Å². The second kappa shape index (κ2) is 7.33. The van der Waals surface area contributed by atoms with Crippen LogP contribution in [0.15, 0.2) is 74.4 Å². The van der Waals surface area contributed by atoms with Gasteiger partial charge in [-0.05, 0) is 42.8 Å². The van der Waals surface area contributed by atoms with E-state index in [2.05, 4.69) is 4.98 Å². The summed E-state index contributed by atoms with van der Waals surface area (Å²) in [6.07, 6.45) is 5.16. The van der Waals surface area contributed by atoms with E-state index in [0.717, 1.165) is 16.7 Å². The topological polar surface area (TPSA) is 65.5 Å². The number of hydrogen-bond donors (Lipinski definition) is 0. The molecule has 2 heterocycles. The SMILES string of the molecule is CCOc1ccc(/C=C/c2ncc(-c3cc4ccccc4oc3=O)o2)cc1. The van der Waals surface area contributed by atoms with Gasteiger partial charge in [-0.3, -0.25) is 0 Å². The van der Waals surface area contributed by atoms with Crippen molar-refractivity contribution in [1.29, 1.82) is 0 Å². The van der Waals surface area contributed by atoms with Gasteiger partial charge in [-0.15, -0.1) is 0 Å². The fourth-order valence-electron chi connectivity index (χ4n) is 2.73. The van der Waals surface area contributed by atoms with E-state index in [1.165, 1.54) is 6.20 Å². The van der Waals surface area contributed by atoms with Gasteiger partial charge in [0, 0.05) is 11.5 Å². The predicted molar refractivity (Wildman–Crippen MR) is 105 cm³/mol. The number of rotatable bonds is 5. The summed E-state index contributed by atoms with van der Waals surface area (Å²) in [5, 5.41) is 0.829. The average molecular weight is 359 g/mol. The molecule has 0 spiro atoms. The van der Waals surface area contributed by atoms with Crippen LogP contribution in [0.4, 0.5) is 0 Å². The minimum atomic E-state index is -0.452. The van der Waals surface area contributed by atoms with Crippen molar-refractivity contribution in [1.82, 2.24) is 4.98 Å². The molecule has 0 unspecified atom stereocenters. The average Bonchev–Trinajstić information content (AvgIpc) is 3.16. The Balaban J connectivity index is 1.58. The molecule has 0 aliphatic rings. The molecular formula is C22H17NO4. The summed E-state index contributed by atoms with van der Waals surface area (Å²) in [5.74, 6) is 1.61. The molecule has 0 bridgehead atoms. The molecular weight excluding hydrogens is 342 g/mol. The summed E-state index contributed by atoms with van der Waals surface area (Å²) in [6, 6.07) is 16.8. The van der Waals surface area contributed by atoms with E-state index in [1.807, 2.05) is 55.5 Å². The summed E-state index contributed by atoms with van der Waals surface area (Å²) in [4.78, 5) is 16.4. The fraction of sp³-hybridized carbons (Fsp3) is 0.0909. The van der Waals surface area contributed by atoms with Gasteiger partial charge in [0.1, 0.15) is 16.9 Å². The van der Waals surface area contributed by atoms with E-state index in [9.17, 15) is 4.79 Å². The van der Waals surface area contributed by atoms with Crippen molar-refractivity contribution in [2.24, 2.45) is 0 Å². The second-order valence-corrected chi connectivity index (χ2v) is 5.88. The molecule has 0 fully saturated rings. The molecule has 5 heteroatoms. The zero-order valence-corrected chi connectivity index (χ0v) is 14.7. The van der Waals surface area contributed by atoms with Gasteiger partial charge < -0.3 is 13.6 Å². The number of ether oxygens (including phenoxy) is 1. The van der Waals surface area contributed by atoms with Crippen LogP contribution in [0.3, 0.4) is 0 Å². The molecule has 0 atom stereocenters. The first-order valence-corrected chi connectivity index (χ1v) is 8.63. The van der Waals surface area contributed by atoms with E-state index in [4.69, 9.17) is 13.6 Å². The van der Waals surface area contributed by atoms with Crippen LogP contribution in [0.1, 0.15) is 18.4 Å². The number of aromatic nitrogens is 1. The highest BCUT2D eigenvalue weighted by molar-refractivity contribution is 5.80. The van der Waals surface area contributed by atoms with Crippen LogP contribution in [0.25, 0.3) is 34.4 Å². The van der Waals surface area contributed by atoms with Gasteiger partial charge in [-0.1, -0.05) is 30.3 Å². The molecule has 4 rings (SSSR count). The summed E-state index contributed by atoms with van der Waals surface area (Å²) in [7, 11) is 0. The Morgan fingerprint density at radius 1 is 1.04 bits per heavy atom. The quantitative estimate of drug-likeness (QED) is 0.468. The lowest BCUT2D eigenvalue weighted by atomic mass is 10.1. The zero-order chi connectivity index (χ0) is 18.6. The van der Waals surface area contributed by atoms with E-state index >= 15 is 0 Å². The number of nitrogens with zero attached hydrogens (tertiary/aromatic N) is 1. The maximum absolute atomic E-state index is 12.2. The Bertz CT molecular complexity index is 1150. The van der Waals surface area contributed by atoms with Gasteiger partial charge in [-0.2, -0.15) is 0 Å². The molecule has 0 aliphatic heterocycles. The van der Waals surface area contributed by atoms with Crippen molar-refractivity contribution in [2.75, 3.05) is 6.61 Å². The lowest BCUT2D eigenvalue weighted by Gasteiger charge is -2.01. The van der Waals surface area contributed by atoms with E-state index in [-0.39, 0.29) is 0 Å². The molecule has 0 saturated heterocycles. The lowest BCUT2D eigenvalue weighted by molar-refractivity contribution is 0.340. The lowest BCUT2D eigenvalue weighted by Crippen LogP contribution is -2.01. The molecule has 0 N–H and O–H groups in total. The van der Waals surface area contributed by atoms with Gasteiger partial charge in [0.15, 0.2) is 5.76 Å². The molecule has 4 aromatic rings. The number of hydrogen-bond acceptors (Lipinski definition) is 5. The molecule has 0 amide bonds. The largest absolute Gasteiger partial charge is 0.494 e. The maximum Gasteiger partial charge on any atom is 0.347 e. The first kappa shape index (κ1) is 16.8. The first-order valence-electron chi connectivity index (χ1n) is 8.63. The Labute approximate surface area is 155 Å². The molecule has 134 valence electrons. The molecule has 0 aliphatic carbocycles. The third-order valence-corrected chi connectivity index (χ3v) is 4.04. The summed E-state index contributed by atoms with van der Waals surface area (Å²) >= 11 is 0. The van der Waals surface area contributed by atoms with Crippen LogP contribution in [0, 0.1) is 0 Å². The summed E-state index contributed by atoms with van der Waals surface area (Å²) < 4.78 is 16.5. The molecule has 0 radical (unpaired) electrons. The van der Waals surface area contributed by atoms with Crippen molar-refractivity contribution in [3.05, 3.63) is 82.7 Å². The van der Waals surface area contributed by atoms with E-state index < -0.39 is 5.63 Å². The Hall–Kier alpha value is -3.60. The Morgan fingerprint density at radius 2 is 1.85 bits per heavy atom. The first-order chi connectivity index (χ1) is 13.2. The molecule has 0 saturated carbocycles. The molecule has 2 aromatic heterocycles. The predicted octanol–water partition coefficient (Wildman–Crippen LogP) is 5.02. The van der Waals surface area contributed by atoms with Crippen molar-refractivity contribution in [3.63, 3.8) is 0 Å². The summed E-state index contributed by atoms with van der Waals surface area (Å²) in [6.45, 7) is 2.58. The monoisotopic (exact) mass is 359 g/mol. The highest BCUT2D eigenvalue weighted by Gasteiger charge is 2.12.